The molecule has 64 valence electrons. The normalized spacial score (nSPS) is 11.7. The van der Waals surface area contributed by atoms with Gasteiger partial charge in [0.1, 0.15) is 5.82 Å². The second kappa shape index (κ2) is 3.17. The summed E-state index contributed by atoms with van der Waals surface area (Å²) in [5.74, 6) is -0.542. The standard InChI is InChI=1S/C7H7FN2O2/c1-5-2-3-6(8)4-7(5)10(12)9-11/h2-4,11H,1H3. The molecule has 0 aliphatic carbocycles. The molecule has 0 radical (unpaired) electrons. The summed E-state index contributed by atoms with van der Waals surface area (Å²) >= 11 is 0. The third-order valence-electron chi connectivity index (χ3n) is 1.46. The lowest BCUT2D eigenvalue weighted by Crippen LogP contribution is -1.94. The van der Waals surface area contributed by atoms with E-state index in [0.717, 1.165) is 6.07 Å². The van der Waals surface area contributed by atoms with Gasteiger partial charge in [-0.25, -0.2) is 4.39 Å². The van der Waals surface area contributed by atoms with Crippen LogP contribution in [-0.4, -0.2) is 10.1 Å². The molecule has 4 nitrogen and oxygen atoms in total. The minimum absolute atomic E-state index is 0.00231. The Kier molecular flexibility index (Phi) is 2.23. The van der Waals surface area contributed by atoms with Gasteiger partial charge in [-0.15, -0.1) is 0 Å². The van der Waals surface area contributed by atoms with Gasteiger partial charge in [0.2, 0.25) is 5.28 Å². The second-order valence-corrected chi connectivity index (χ2v) is 2.29. The summed E-state index contributed by atoms with van der Waals surface area (Å²) in [6.07, 6.45) is 0. The number of hydrogen-bond donors (Lipinski definition) is 1. The first-order chi connectivity index (χ1) is 5.65. The third-order valence-corrected chi connectivity index (χ3v) is 1.46. The Labute approximate surface area is 68.1 Å². The number of aryl methyl sites for hydroxylation is 1. The van der Waals surface area contributed by atoms with Crippen LogP contribution in [0.3, 0.4) is 0 Å². The Morgan fingerprint density at radius 1 is 1.58 bits per heavy atom. The number of rotatable bonds is 1. The molecule has 0 aliphatic rings. The van der Waals surface area contributed by atoms with Gasteiger partial charge in [0.15, 0.2) is 0 Å². The molecule has 0 amide bonds. The summed E-state index contributed by atoms with van der Waals surface area (Å²) < 4.78 is 12.6. The molecule has 5 heteroatoms. The minimum Gasteiger partial charge on any atom is -0.592 e. The summed E-state index contributed by atoms with van der Waals surface area (Å²) in [5, 5.41) is 21.2. The minimum atomic E-state index is -0.542. The lowest BCUT2D eigenvalue weighted by atomic mass is 10.2. The van der Waals surface area contributed by atoms with Gasteiger partial charge in [-0.1, -0.05) is 0 Å². The number of halogens is 1. The zero-order valence-electron chi connectivity index (χ0n) is 6.36. The van der Waals surface area contributed by atoms with Crippen molar-refractivity contribution < 1.29 is 14.5 Å². The molecule has 0 spiro atoms. The molecule has 0 heterocycles. The van der Waals surface area contributed by atoms with Gasteiger partial charge in [-0.05, 0) is 23.9 Å². The van der Waals surface area contributed by atoms with E-state index in [2.05, 4.69) is 5.28 Å². The van der Waals surface area contributed by atoms with Crippen molar-refractivity contribution >= 4 is 5.69 Å². The molecule has 0 unspecified atom stereocenters. The van der Waals surface area contributed by atoms with E-state index in [4.69, 9.17) is 5.21 Å². The zero-order chi connectivity index (χ0) is 9.14. The molecule has 1 N–H and O–H groups in total. The van der Waals surface area contributed by atoms with Gasteiger partial charge < -0.3 is 10.4 Å². The van der Waals surface area contributed by atoms with Gasteiger partial charge >= 0.3 is 0 Å². The maximum absolute atomic E-state index is 12.6. The zero-order valence-corrected chi connectivity index (χ0v) is 6.36. The van der Waals surface area contributed by atoms with Crippen LogP contribution in [0.15, 0.2) is 23.5 Å². The molecular weight excluding hydrogens is 163 g/mol. The van der Waals surface area contributed by atoms with Crippen LogP contribution in [-0.2, 0) is 0 Å². The third kappa shape index (κ3) is 1.50. The number of hydrogen-bond acceptors (Lipinski definition) is 2. The van der Waals surface area contributed by atoms with Gasteiger partial charge in [-0.2, -0.15) is 0 Å². The molecule has 0 saturated carbocycles. The molecule has 0 aliphatic heterocycles. The summed E-state index contributed by atoms with van der Waals surface area (Å²) in [7, 11) is 0. The molecule has 0 aromatic heterocycles. The van der Waals surface area contributed by atoms with Crippen LogP contribution < -0.4 is 0 Å². The van der Waals surface area contributed by atoms with Crippen LogP contribution >= 0.6 is 0 Å². The largest absolute Gasteiger partial charge is 0.592 e. The van der Waals surface area contributed by atoms with E-state index >= 15 is 0 Å². The average molecular weight is 170 g/mol. The topological polar surface area (TPSA) is 58.7 Å². The first-order valence-corrected chi connectivity index (χ1v) is 3.23. The van der Waals surface area contributed by atoms with E-state index in [-0.39, 0.29) is 10.5 Å². The Bertz CT molecular complexity index is 325. The monoisotopic (exact) mass is 170 g/mol. The number of nitrogens with zero attached hydrogens (tertiary/aromatic N) is 2. The summed E-state index contributed by atoms with van der Waals surface area (Å²) in [6.45, 7) is 1.62. The Morgan fingerprint density at radius 2 is 2.25 bits per heavy atom. The first kappa shape index (κ1) is 8.45. The van der Waals surface area contributed by atoms with Crippen LogP contribution in [0.1, 0.15) is 5.56 Å². The predicted octanol–water partition coefficient (Wildman–Crippen LogP) is 2.12. The quantitative estimate of drug-likeness (QED) is 0.398. The van der Waals surface area contributed by atoms with Gasteiger partial charge in [-0.3, -0.25) is 0 Å². The number of benzene rings is 1. The Balaban J connectivity index is 3.23. The van der Waals surface area contributed by atoms with Crippen molar-refractivity contribution in [3.63, 3.8) is 0 Å². The molecule has 0 atom stereocenters. The molecular formula is C7H7FN2O2. The summed E-state index contributed by atoms with van der Waals surface area (Å²) in [6, 6.07) is 3.66. The van der Waals surface area contributed by atoms with Gasteiger partial charge in [0.05, 0.1) is 0 Å². The van der Waals surface area contributed by atoms with E-state index in [9.17, 15) is 9.60 Å². The van der Waals surface area contributed by atoms with Crippen molar-refractivity contribution in [3.8, 4) is 0 Å². The maximum Gasteiger partial charge on any atom is 0.254 e. The van der Waals surface area contributed by atoms with E-state index in [1.54, 1.807) is 6.92 Å². The lowest BCUT2D eigenvalue weighted by molar-refractivity contribution is -0.474. The fraction of sp³-hybridized carbons (Fsp3) is 0.143. The van der Waals surface area contributed by atoms with E-state index in [1.807, 2.05) is 0 Å². The van der Waals surface area contributed by atoms with Crippen LogP contribution in [0.25, 0.3) is 0 Å². The Morgan fingerprint density at radius 3 is 2.83 bits per heavy atom. The predicted molar refractivity (Wildman–Crippen MR) is 38.6 cm³/mol. The van der Waals surface area contributed by atoms with Crippen molar-refractivity contribution in [2.75, 3.05) is 0 Å². The fourth-order valence-corrected chi connectivity index (χ4v) is 0.837. The fourth-order valence-electron chi connectivity index (χ4n) is 0.837. The van der Waals surface area contributed by atoms with Gasteiger partial charge in [0, 0.05) is 11.6 Å². The molecule has 1 aromatic carbocycles. The highest BCUT2D eigenvalue weighted by Crippen LogP contribution is 2.18. The molecule has 0 saturated heterocycles. The molecule has 1 aromatic rings. The molecule has 1 rings (SSSR count). The van der Waals surface area contributed by atoms with Crippen LogP contribution in [0, 0.1) is 17.9 Å². The van der Waals surface area contributed by atoms with Crippen LogP contribution in [0.5, 0.6) is 0 Å². The molecule has 0 fully saturated rings. The van der Waals surface area contributed by atoms with Crippen LogP contribution in [0.2, 0.25) is 0 Å². The lowest BCUT2D eigenvalue weighted by Gasteiger charge is -1.99. The molecule has 12 heavy (non-hydrogen) atoms. The van der Waals surface area contributed by atoms with Crippen molar-refractivity contribution in [2.45, 2.75) is 6.92 Å². The highest BCUT2D eigenvalue weighted by molar-refractivity contribution is 5.38. The summed E-state index contributed by atoms with van der Waals surface area (Å²) in [5.41, 5.74) is 0.543. The highest BCUT2D eigenvalue weighted by atomic mass is 19.1. The van der Waals surface area contributed by atoms with Gasteiger partial charge in [0.25, 0.3) is 5.69 Å². The van der Waals surface area contributed by atoms with Crippen molar-refractivity contribution in [3.05, 3.63) is 34.8 Å². The van der Waals surface area contributed by atoms with Crippen molar-refractivity contribution in [1.82, 2.24) is 0 Å². The van der Waals surface area contributed by atoms with Crippen LogP contribution in [0.4, 0.5) is 10.1 Å². The summed E-state index contributed by atoms with van der Waals surface area (Å²) in [4.78, 5) is -0.0432. The average Bonchev–Trinajstić information content (AvgIpc) is 2.08. The first-order valence-electron chi connectivity index (χ1n) is 3.23. The Hall–Kier alpha value is -1.65. The smallest absolute Gasteiger partial charge is 0.254 e. The van der Waals surface area contributed by atoms with E-state index in [1.165, 1.54) is 12.1 Å². The molecule has 0 bridgehead atoms. The highest BCUT2D eigenvalue weighted by Gasteiger charge is 2.09. The van der Waals surface area contributed by atoms with Crippen molar-refractivity contribution in [2.24, 2.45) is 5.28 Å². The van der Waals surface area contributed by atoms with E-state index in [0.29, 0.717) is 5.56 Å². The SMILES string of the molecule is Cc1ccc(F)cc1[N+]([O-])=NO. The maximum atomic E-state index is 12.6. The van der Waals surface area contributed by atoms with E-state index < -0.39 is 5.82 Å². The second-order valence-electron chi connectivity index (χ2n) is 2.29. The van der Waals surface area contributed by atoms with Crippen molar-refractivity contribution in [1.29, 1.82) is 0 Å².